The highest BCUT2D eigenvalue weighted by atomic mass is 19.1. The van der Waals surface area contributed by atoms with E-state index in [1.54, 1.807) is 0 Å². The van der Waals surface area contributed by atoms with Crippen LogP contribution in [-0.4, -0.2) is 41.3 Å². The van der Waals surface area contributed by atoms with Gasteiger partial charge in [-0.2, -0.15) is 5.26 Å². The summed E-state index contributed by atoms with van der Waals surface area (Å²) in [7, 11) is 2.60. The van der Waals surface area contributed by atoms with Crippen LogP contribution in [0, 0.1) is 34.6 Å². The Bertz CT molecular complexity index is 1920. The van der Waals surface area contributed by atoms with Gasteiger partial charge in [-0.05, 0) is 48.0 Å². The number of fused-ring (bicyclic) bond motifs is 1. The molecule has 0 bridgehead atoms. The van der Waals surface area contributed by atoms with E-state index in [4.69, 9.17) is 14.7 Å². The molecule has 12 heteroatoms. The number of nitrogens with zero attached hydrogens (tertiary/aromatic N) is 4. The molecule has 5 aromatic rings. The molecule has 3 aromatic carbocycles. The van der Waals surface area contributed by atoms with E-state index in [1.807, 2.05) is 6.07 Å². The summed E-state index contributed by atoms with van der Waals surface area (Å²) in [5, 5.41) is 8.90. The van der Waals surface area contributed by atoms with Crippen molar-refractivity contribution >= 4 is 17.0 Å². The van der Waals surface area contributed by atoms with Crippen molar-refractivity contribution in [2.75, 3.05) is 20.8 Å². The number of methoxy groups -OCH3 is 2. The van der Waals surface area contributed by atoms with Gasteiger partial charge in [-0.25, -0.2) is 32.3 Å². The first-order valence-electron chi connectivity index (χ1n) is 13.3. The van der Waals surface area contributed by atoms with Crippen molar-refractivity contribution in [3.05, 3.63) is 112 Å². The minimum absolute atomic E-state index is 0.0133. The van der Waals surface area contributed by atoms with Crippen LogP contribution in [-0.2, 0) is 29.0 Å². The van der Waals surface area contributed by atoms with E-state index in [0.717, 1.165) is 25.3 Å². The summed E-state index contributed by atoms with van der Waals surface area (Å²) in [6.45, 7) is 0.0999. The summed E-state index contributed by atoms with van der Waals surface area (Å²) in [6, 6.07) is 15.0. The number of imidazole rings is 1. The van der Waals surface area contributed by atoms with E-state index in [2.05, 4.69) is 14.7 Å². The third-order valence-corrected chi connectivity index (χ3v) is 6.89. The Balaban J connectivity index is 1.43. The number of rotatable bonds is 10. The van der Waals surface area contributed by atoms with Gasteiger partial charge in [-0.1, -0.05) is 12.1 Å². The maximum atomic E-state index is 15.4. The van der Waals surface area contributed by atoms with Crippen LogP contribution in [0.15, 0.2) is 60.7 Å². The van der Waals surface area contributed by atoms with Crippen molar-refractivity contribution in [1.29, 1.82) is 5.26 Å². The molecule has 0 aliphatic rings. The highest BCUT2D eigenvalue weighted by Gasteiger charge is 2.23. The lowest BCUT2D eigenvalue weighted by atomic mass is 10.0. The molecule has 44 heavy (non-hydrogen) atoms. The van der Waals surface area contributed by atoms with Crippen LogP contribution in [0.3, 0.4) is 0 Å². The summed E-state index contributed by atoms with van der Waals surface area (Å²) in [4.78, 5) is 20.7. The van der Waals surface area contributed by atoms with Gasteiger partial charge < -0.3 is 18.8 Å². The van der Waals surface area contributed by atoms with Gasteiger partial charge >= 0.3 is 5.97 Å². The number of halogens is 4. The van der Waals surface area contributed by atoms with Gasteiger partial charge in [0.05, 0.1) is 42.1 Å². The summed E-state index contributed by atoms with van der Waals surface area (Å²) >= 11 is 0. The van der Waals surface area contributed by atoms with E-state index >= 15 is 13.2 Å². The molecule has 0 unspecified atom stereocenters. The molecule has 0 aliphatic heterocycles. The van der Waals surface area contributed by atoms with Gasteiger partial charge in [0.15, 0.2) is 5.82 Å². The third kappa shape index (κ3) is 6.09. The summed E-state index contributed by atoms with van der Waals surface area (Å²) < 4.78 is 77.2. The second-order valence-corrected chi connectivity index (χ2v) is 9.63. The van der Waals surface area contributed by atoms with Crippen LogP contribution < -0.4 is 4.74 Å². The molecule has 0 amide bonds. The number of carbonyl (C=O) groups is 1. The van der Waals surface area contributed by atoms with Crippen molar-refractivity contribution < 1.29 is 36.6 Å². The third-order valence-electron chi connectivity index (χ3n) is 6.89. The number of nitriles is 1. The standard InChI is InChI=1S/C32H24F4N4O4/c1-42-11-10-40-28(38-27-9-8-21(32(41)43-2)30(36)31(27)40)14-20-13-25(35)22(15-24(20)34)26-4-3-5-29(39-26)44-17-19-7-6-18(16-37)12-23(19)33/h3-9,12-13,15H,10-11,14,17H2,1-2H3. The zero-order valence-electron chi connectivity index (χ0n) is 23.5. The molecular formula is C32H24F4N4O4. The van der Waals surface area contributed by atoms with Gasteiger partial charge in [0.25, 0.3) is 0 Å². The second-order valence-electron chi connectivity index (χ2n) is 9.63. The lowest BCUT2D eigenvalue weighted by Crippen LogP contribution is -2.12. The molecule has 0 saturated heterocycles. The average molecular weight is 605 g/mol. The molecule has 2 aromatic heterocycles. The predicted molar refractivity (Wildman–Crippen MR) is 151 cm³/mol. The monoisotopic (exact) mass is 604 g/mol. The van der Waals surface area contributed by atoms with Gasteiger partial charge in [-0.3, -0.25) is 0 Å². The van der Waals surface area contributed by atoms with Crippen LogP contribution >= 0.6 is 0 Å². The fourth-order valence-corrected chi connectivity index (χ4v) is 4.68. The topological polar surface area (TPSA) is 99.3 Å². The van der Waals surface area contributed by atoms with Gasteiger partial charge in [0.2, 0.25) is 5.88 Å². The maximum absolute atomic E-state index is 15.4. The number of benzene rings is 3. The molecule has 5 rings (SSSR count). The smallest absolute Gasteiger partial charge is 0.340 e. The summed E-state index contributed by atoms with van der Waals surface area (Å²) in [5.74, 6) is -3.58. The van der Waals surface area contributed by atoms with Crippen molar-refractivity contribution in [3.8, 4) is 23.2 Å². The zero-order chi connectivity index (χ0) is 31.4. The van der Waals surface area contributed by atoms with Crippen molar-refractivity contribution in [2.45, 2.75) is 19.6 Å². The molecule has 0 atom stereocenters. The molecule has 8 nitrogen and oxygen atoms in total. The molecule has 224 valence electrons. The number of pyridine rings is 1. The van der Waals surface area contributed by atoms with Crippen LogP contribution in [0.4, 0.5) is 17.6 Å². The number of ether oxygens (including phenoxy) is 3. The Hall–Kier alpha value is -5.28. The van der Waals surface area contributed by atoms with Crippen molar-refractivity contribution in [2.24, 2.45) is 0 Å². The highest BCUT2D eigenvalue weighted by Crippen LogP contribution is 2.29. The molecule has 2 heterocycles. The number of carbonyl (C=O) groups excluding carboxylic acids is 1. The van der Waals surface area contributed by atoms with E-state index in [1.165, 1.54) is 54.1 Å². The average Bonchev–Trinajstić information content (AvgIpc) is 3.38. The Labute approximate surface area is 249 Å². The maximum Gasteiger partial charge on any atom is 0.340 e. The van der Waals surface area contributed by atoms with E-state index in [0.29, 0.717) is 0 Å². The molecule has 0 radical (unpaired) electrons. The van der Waals surface area contributed by atoms with Crippen LogP contribution in [0.1, 0.15) is 32.9 Å². The zero-order valence-corrected chi connectivity index (χ0v) is 23.5. The minimum atomic E-state index is -0.862. The largest absolute Gasteiger partial charge is 0.473 e. The molecule has 0 fully saturated rings. The van der Waals surface area contributed by atoms with Gasteiger partial charge in [0.1, 0.15) is 35.4 Å². The van der Waals surface area contributed by atoms with E-state index in [-0.39, 0.29) is 82.4 Å². The molecular weight excluding hydrogens is 580 g/mol. The molecule has 0 spiro atoms. The first-order chi connectivity index (χ1) is 21.2. The van der Waals surface area contributed by atoms with Crippen molar-refractivity contribution in [1.82, 2.24) is 14.5 Å². The lowest BCUT2D eigenvalue weighted by Gasteiger charge is -2.12. The fraction of sp³-hybridized carbons (Fsp3) is 0.188. The Kier molecular flexibility index (Phi) is 8.87. The fourth-order valence-electron chi connectivity index (χ4n) is 4.68. The number of hydrogen-bond donors (Lipinski definition) is 0. The van der Waals surface area contributed by atoms with Crippen LogP contribution in [0.5, 0.6) is 5.88 Å². The Morgan fingerprint density at radius 1 is 0.932 bits per heavy atom. The van der Waals surface area contributed by atoms with Gasteiger partial charge in [-0.15, -0.1) is 0 Å². The second kappa shape index (κ2) is 12.9. The summed E-state index contributed by atoms with van der Waals surface area (Å²) in [6.07, 6.45) is -0.193. The predicted octanol–water partition coefficient (Wildman–Crippen LogP) is 6.13. The number of hydrogen-bond acceptors (Lipinski definition) is 7. The quantitative estimate of drug-likeness (QED) is 0.140. The van der Waals surface area contributed by atoms with Crippen LogP contribution in [0.25, 0.3) is 22.3 Å². The van der Waals surface area contributed by atoms with Crippen LogP contribution in [0.2, 0.25) is 0 Å². The number of aromatic nitrogens is 3. The first-order valence-corrected chi connectivity index (χ1v) is 13.3. The number of esters is 1. The highest BCUT2D eigenvalue weighted by molar-refractivity contribution is 5.94. The Morgan fingerprint density at radius 2 is 1.73 bits per heavy atom. The Morgan fingerprint density at radius 3 is 2.45 bits per heavy atom. The normalized spacial score (nSPS) is 11.0. The SMILES string of the molecule is COCCn1c(Cc2cc(F)c(-c3cccc(OCc4ccc(C#N)cc4F)n3)cc2F)nc2ccc(C(=O)OC)c(F)c21. The van der Waals surface area contributed by atoms with Crippen molar-refractivity contribution in [3.63, 3.8) is 0 Å². The summed E-state index contributed by atoms with van der Waals surface area (Å²) in [5.41, 5.74) is 0.207. The minimum Gasteiger partial charge on any atom is -0.473 e. The first kappa shape index (κ1) is 30.2. The molecule has 0 N–H and O–H groups in total. The van der Waals surface area contributed by atoms with Gasteiger partial charge in [0, 0.05) is 37.3 Å². The van der Waals surface area contributed by atoms with E-state index in [9.17, 15) is 9.18 Å². The van der Waals surface area contributed by atoms with E-state index < -0.39 is 29.2 Å². The molecule has 0 saturated carbocycles. The lowest BCUT2D eigenvalue weighted by molar-refractivity contribution is 0.0596. The molecule has 0 aliphatic carbocycles.